The molecule has 6 N–H and O–H groups in total. The molecule has 0 spiro atoms. The van der Waals surface area contributed by atoms with Crippen LogP contribution in [0.1, 0.15) is 12.0 Å². The summed E-state index contributed by atoms with van der Waals surface area (Å²) in [5.74, 6) is -0.809. The topological polar surface area (TPSA) is 162 Å². The number of nitro groups is 1. The molecule has 9 heteroatoms. The highest BCUT2D eigenvalue weighted by Crippen LogP contribution is 2.14. The minimum absolute atomic E-state index is 0.0325. The average molecular weight is 296 g/mol. The van der Waals surface area contributed by atoms with Gasteiger partial charge in [0.05, 0.1) is 4.92 Å². The Hall–Kier alpha value is -2.68. The zero-order valence-corrected chi connectivity index (χ0v) is 11.1. The Morgan fingerprint density at radius 1 is 1.33 bits per heavy atom. The number of nitrogens with zero attached hydrogens (tertiary/aromatic N) is 1. The lowest BCUT2D eigenvalue weighted by atomic mass is 9.99. The first-order chi connectivity index (χ1) is 9.79. The first-order valence-electron chi connectivity index (χ1n) is 6.07. The summed E-state index contributed by atoms with van der Waals surface area (Å²) in [7, 11) is 0. The number of nitrogens with two attached hydrogens (primary N) is 2. The molecular formula is C12H16N4O5. The quantitative estimate of drug-likeness (QED) is 0.408. The fourth-order valence-corrected chi connectivity index (χ4v) is 1.84. The van der Waals surface area contributed by atoms with Crippen LogP contribution in [0.4, 0.5) is 10.5 Å². The third-order valence-corrected chi connectivity index (χ3v) is 2.82. The number of amides is 2. The Kier molecular flexibility index (Phi) is 5.61. The largest absolute Gasteiger partial charge is 0.465 e. The molecule has 1 aromatic carbocycles. The Bertz CT molecular complexity index is 531. The number of rotatable bonds is 7. The van der Waals surface area contributed by atoms with Gasteiger partial charge in [0.2, 0.25) is 5.91 Å². The minimum atomic E-state index is -1.36. The van der Waals surface area contributed by atoms with E-state index in [4.69, 9.17) is 16.6 Å². The van der Waals surface area contributed by atoms with E-state index >= 15 is 0 Å². The van der Waals surface area contributed by atoms with Gasteiger partial charge in [0.25, 0.3) is 5.69 Å². The van der Waals surface area contributed by atoms with Crippen molar-refractivity contribution in [2.45, 2.75) is 24.9 Å². The molecule has 21 heavy (non-hydrogen) atoms. The van der Waals surface area contributed by atoms with Crippen LogP contribution in [0.2, 0.25) is 0 Å². The van der Waals surface area contributed by atoms with E-state index in [1.807, 2.05) is 5.32 Å². The van der Waals surface area contributed by atoms with Crippen molar-refractivity contribution in [2.75, 3.05) is 0 Å². The minimum Gasteiger partial charge on any atom is -0.465 e. The molecule has 2 atom stereocenters. The van der Waals surface area contributed by atoms with E-state index in [1.165, 1.54) is 12.1 Å². The van der Waals surface area contributed by atoms with Crippen LogP contribution >= 0.6 is 0 Å². The summed E-state index contributed by atoms with van der Waals surface area (Å²) in [6, 6.07) is 4.22. The predicted octanol–water partition coefficient (Wildman–Crippen LogP) is -0.0238. The van der Waals surface area contributed by atoms with Crippen LogP contribution in [0.15, 0.2) is 24.3 Å². The lowest BCUT2D eigenvalue weighted by molar-refractivity contribution is -0.384. The monoisotopic (exact) mass is 296 g/mol. The Morgan fingerprint density at radius 2 is 1.90 bits per heavy atom. The number of nitro benzene ring substituents is 1. The normalized spacial score (nSPS) is 13.2. The molecule has 0 heterocycles. The number of benzene rings is 1. The van der Waals surface area contributed by atoms with Gasteiger partial charge >= 0.3 is 6.09 Å². The fraction of sp³-hybridized carbons (Fsp3) is 0.333. The van der Waals surface area contributed by atoms with Crippen LogP contribution < -0.4 is 16.8 Å². The lowest BCUT2D eigenvalue weighted by Crippen LogP contribution is -2.47. The maximum absolute atomic E-state index is 11.1. The molecule has 0 bridgehead atoms. The molecule has 0 saturated heterocycles. The van der Waals surface area contributed by atoms with Gasteiger partial charge in [-0.1, -0.05) is 12.1 Å². The maximum Gasteiger partial charge on any atom is 0.405 e. The fourth-order valence-electron chi connectivity index (χ4n) is 1.84. The molecule has 2 unspecified atom stereocenters. The Morgan fingerprint density at radius 3 is 2.33 bits per heavy atom. The Balaban J connectivity index is 2.62. The summed E-state index contributed by atoms with van der Waals surface area (Å²) in [6.45, 7) is 0. The van der Waals surface area contributed by atoms with Gasteiger partial charge in [0, 0.05) is 18.2 Å². The molecule has 0 aromatic heterocycles. The Labute approximate surface area is 120 Å². The molecule has 0 aliphatic heterocycles. The second-order valence-corrected chi connectivity index (χ2v) is 4.53. The van der Waals surface area contributed by atoms with Crippen molar-refractivity contribution in [3.05, 3.63) is 39.9 Å². The number of carboxylic acid groups (broad SMARTS) is 1. The van der Waals surface area contributed by atoms with Gasteiger partial charge in [0.1, 0.15) is 6.04 Å². The zero-order valence-electron chi connectivity index (χ0n) is 11.1. The number of hydrogen-bond donors (Lipinski definition) is 4. The van der Waals surface area contributed by atoms with Crippen molar-refractivity contribution < 1.29 is 19.6 Å². The highest BCUT2D eigenvalue weighted by atomic mass is 16.6. The maximum atomic E-state index is 11.1. The molecule has 0 aliphatic carbocycles. The van der Waals surface area contributed by atoms with Gasteiger partial charge in [0.15, 0.2) is 0 Å². The van der Waals surface area contributed by atoms with E-state index in [-0.39, 0.29) is 12.1 Å². The second kappa shape index (κ2) is 7.20. The number of nitrogens with one attached hydrogen (secondary N) is 1. The molecule has 0 radical (unpaired) electrons. The highest BCUT2D eigenvalue weighted by Gasteiger charge is 2.21. The van der Waals surface area contributed by atoms with Gasteiger partial charge in [-0.2, -0.15) is 0 Å². The van der Waals surface area contributed by atoms with Crippen molar-refractivity contribution in [2.24, 2.45) is 11.5 Å². The van der Waals surface area contributed by atoms with Crippen molar-refractivity contribution in [1.29, 1.82) is 0 Å². The number of non-ortho nitro benzene ring substituents is 1. The van der Waals surface area contributed by atoms with E-state index in [1.54, 1.807) is 12.1 Å². The van der Waals surface area contributed by atoms with E-state index < -0.39 is 29.0 Å². The van der Waals surface area contributed by atoms with Gasteiger partial charge < -0.3 is 21.9 Å². The molecule has 0 fully saturated rings. The number of carbonyl (C=O) groups excluding carboxylic acids is 1. The van der Waals surface area contributed by atoms with Crippen LogP contribution in [0.3, 0.4) is 0 Å². The third kappa shape index (κ3) is 5.45. The summed E-state index contributed by atoms with van der Waals surface area (Å²) < 4.78 is 0. The van der Waals surface area contributed by atoms with Gasteiger partial charge in [-0.25, -0.2) is 4.79 Å². The summed E-state index contributed by atoms with van der Waals surface area (Å²) in [5.41, 5.74) is 11.6. The molecular weight excluding hydrogens is 280 g/mol. The van der Waals surface area contributed by atoms with E-state index in [0.717, 1.165) is 5.56 Å². The van der Waals surface area contributed by atoms with Gasteiger partial charge in [-0.15, -0.1) is 0 Å². The van der Waals surface area contributed by atoms with Crippen molar-refractivity contribution >= 4 is 17.7 Å². The van der Waals surface area contributed by atoms with Crippen molar-refractivity contribution in [3.8, 4) is 0 Å². The average Bonchev–Trinajstić information content (AvgIpc) is 2.37. The first-order valence-corrected chi connectivity index (χ1v) is 6.07. The zero-order chi connectivity index (χ0) is 16.0. The van der Waals surface area contributed by atoms with Crippen molar-refractivity contribution in [3.63, 3.8) is 0 Å². The number of primary amides is 1. The summed E-state index contributed by atoms with van der Waals surface area (Å²) in [6.07, 6.45) is -0.983. The molecule has 0 saturated carbocycles. The van der Waals surface area contributed by atoms with Crippen molar-refractivity contribution in [1.82, 2.24) is 5.32 Å². The summed E-state index contributed by atoms with van der Waals surface area (Å²) >= 11 is 0. The standard InChI is InChI=1S/C12H16N4O5/c13-8(6-10(11(14)17)15-12(18)19)5-7-1-3-9(4-2-7)16(20)21/h1-4,8,10,15H,5-6,13H2,(H2,14,17)(H,18,19). The molecule has 114 valence electrons. The molecule has 1 rings (SSSR count). The number of carbonyl (C=O) groups is 2. The third-order valence-electron chi connectivity index (χ3n) is 2.82. The molecule has 9 nitrogen and oxygen atoms in total. The molecule has 1 aromatic rings. The molecule has 0 aliphatic rings. The van der Waals surface area contributed by atoms with Crippen LogP contribution in [0, 0.1) is 10.1 Å². The highest BCUT2D eigenvalue weighted by molar-refractivity contribution is 5.83. The predicted molar refractivity (Wildman–Crippen MR) is 73.5 cm³/mol. The van der Waals surface area contributed by atoms with Gasteiger partial charge in [-0.3, -0.25) is 14.9 Å². The summed E-state index contributed by atoms with van der Waals surface area (Å²) in [5, 5.41) is 21.1. The van der Waals surface area contributed by atoms with Crippen LogP contribution in [0.25, 0.3) is 0 Å². The number of hydrogen-bond acceptors (Lipinski definition) is 5. The smallest absolute Gasteiger partial charge is 0.405 e. The SMILES string of the molecule is NC(=O)C(CC(N)Cc1ccc([N+](=O)[O-])cc1)NC(=O)O. The molecule has 2 amide bonds. The van der Waals surface area contributed by atoms with Crippen LogP contribution in [-0.4, -0.2) is 34.1 Å². The van der Waals surface area contributed by atoms with Crippen LogP contribution in [0.5, 0.6) is 0 Å². The van der Waals surface area contributed by atoms with Gasteiger partial charge in [-0.05, 0) is 18.4 Å². The summed E-state index contributed by atoms with van der Waals surface area (Å²) in [4.78, 5) is 31.7. The van der Waals surface area contributed by atoms with Crippen LogP contribution in [-0.2, 0) is 11.2 Å². The lowest BCUT2D eigenvalue weighted by Gasteiger charge is -2.18. The first kappa shape index (κ1) is 16.4. The van der Waals surface area contributed by atoms with E-state index in [2.05, 4.69) is 0 Å². The van der Waals surface area contributed by atoms with E-state index in [0.29, 0.717) is 6.42 Å². The van der Waals surface area contributed by atoms with E-state index in [9.17, 15) is 19.7 Å². The second-order valence-electron chi connectivity index (χ2n) is 4.53.